The first kappa shape index (κ1) is 13.8. The highest BCUT2D eigenvalue weighted by Gasteiger charge is 2.21. The van der Waals surface area contributed by atoms with Gasteiger partial charge in [-0.3, -0.25) is 4.79 Å². The summed E-state index contributed by atoms with van der Waals surface area (Å²) in [7, 11) is 1.66. The van der Waals surface area contributed by atoms with Gasteiger partial charge in [0.2, 0.25) is 0 Å². The SMILES string of the molecule is CN(CC1CCCCO1)C(=O)c1ccc(N)cc1F. The van der Waals surface area contributed by atoms with Gasteiger partial charge < -0.3 is 15.4 Å². The van der Waals surface area contributed by atoms with Gasteiger partial charge in [0.25, 0.3) is 5.91 Å². The summed E-state index contributed by atoms with van der Waals surface area (Å²) in [5, 5.41) is 0. The molecule has 4 nitrogen and oxygen atoms in total. The Kier molecular flexibility index (Phi) is 4.37. The van der Waals surface area contributed by atoms with E-state index in [1.807, 2.05) is 0 Å². The minimum Gasteiger partial charge on any atom is -0.399 e. The monoisotopic (exact) mass is 266 g/mol. The summed E-state index contributed by atoms with van der Waals surface area (Å²) in [5.74, 6) is -0.923. The molecule has 0 radical (unpaired) electrons. The lowest BCUT2D eigenvalue weighted by atomic mass is 10.1. The first-order valence-electron chi connectivity index (χ1n) is 6.50. The molecule has 1 atom stereocenters. The summed E-state index contributed by atoms with van der Waals surface area (Å²) in [6.45, 7) is 1.23. The van der Waals surface area contributed by atoms with Crippen molar-refractivity contribution in [3.8, 4) is 0 Å². The predicted octanol–water partition coefficient (Wildman–Crippen LogP) is 2.05. The summed E-state index contributed by atoms with van der Waals surface area (Å²) < 4.78 is 19.3. The maximum Gasteiger partial charge on any atom is 0.256 e. The first-order chi connectivity index (χ1) is 9.08. The van der Waals surface area contributed by atoms with Crippen molar-refractivity contribution < 1.29 is 13.9 Å². The van der Waals surface area contributed by atoms with Gasteiger partial charge in [-0.1, -0.05) is 0 Å². The number of nitrogens with zero attached hydrogens (tertiary/aromatic N) is 1. The summed E-state index contributed by atoms with van der Waals surface area (Å²) in [6, 6.07) is 4.12. The van der Waals surface area contributed by atoms with E-state index in [4.69, 9.17) is 10.5 Å². The zero-order chi connectivity index (χ0) is 13.8. The molecule has 0 saturated carbocycles. The van der Waals surface area contributed by atoms with Crippen molar-refractivity contribution >= 4 is 11.6 Å². The van der Waals surface area contributed by atoms with Crippen LogP contribution in [0.5, 0.6) is 0 Å². The van der Waals surface area contributed by atoms with E-state index in [0.29, 0.717) is 12.2 Å². The van der Waals surface area contributed by atoms with Crippen molar-refractivity contribution in [1.82, 2.24) is 4.90 Å². The van der Waals surface area contributed by atoms with Crippen LogP contribution in [0.3, 0.4) is 0 Å². The number of nitrogen functional groups attached to an aromatic ring is 1. The number of ether oxygens (including phenoxy) is 1. The van der Waals surface area contributed by atoms with Gasteiger partial charge in [0.05, 0.1) is 11.7 Å². The molecule has 1 heterocycles. The summed E-state index contributed by atoms with van der Waals surface area (Å²) in [5.41, 5.74) is 5.83. The van der Waals surface area contributed by atoms with Crippen LogP contribution in [0.2, 0.25) is 0 Å². The second-order valence-corrected chi connectivity index (χ2v) is 4.91. The average Bonchev–Trinajstić information content (AvgIpc) is 2.39. The van der Waals surface area contributed by atoms with E-state index in [2.05, 4.69) is 0 Å². The Bertz CT molecular complexity index is 459. The van der Waals surface area contributed by atoms with Crippen molar-refractivity contribution in [3.63, 3.8) is 0 Å². The molecule has 0 aromatic heterocycles. The highest BCUT2D eigenvalue weighted by atomic mass is 19.1. The van der Waals surface area contributed by atoms with E-state index < -0.39 is 5.82 Å². The van der Waals surface area contributed by atoms with Crippen LogP contribution in [0.15, 0.2) is 18.2 Å². The zero-order valence-electron chi connectivity index (χ0n) is 11.1. The third kappa shape index (κ3) is 3.44. The molecule has 104 valence electrons. The summed E-state index contributed by atoms with van der Waals surface area (Å²) in [4.78, 5) is 13.6. The molecule has 1 saturated heterocycles. The van der Waals surface area contributed by atoms with E-state index in [1.54, 1.807) is 7.05 Å². The highest BCUT2D eigenvalue weighted by molar-refractivity contribution is 5.94. The Morgan fingerprint density at radius 2 is 2.32 bits per heavy atom. The largest absolute Gasteiger partial charge is 0.399 e. The third-order valence-electron chi connectivity index (χ3n) is 3.32. The summed E-state index contributed by atoms with van der Waals surface area (Å²) >= 11 is 0. The molecule has 0 bridgehead atoms. The van der Waals surface area contributed by atoms with Crippen molar-refractivity contribution in [3.05, 3.63) is 29.6 Å². The van der Waals surface area contributed by atoms with Crippen LogP contribution < -0.4 is 5.73 Å². The Labute approximate surface area is 112 Å². The van der Waals surface area contributed by atoms with Gasteiger partial charge in [0.1, 0.15) is 5.82 Å². The van der Waals surface area contributed by atoms with Crippen LogP contribution in [0.1, 0.15) is 29.6 Å². The normalized spacial score (nSPS) is 19.2. The first-order valence-corrected chi connectivity index (χ1v) is 6.50. The van der Waals surface area contributed by atoms with E-state index in [-0.39, 0.29) is 17.6 Å². The molecule has 0 spiro atoms. The lowest BCUT2D eigenvalue weighted by Crippen LogP contribution is -2.37. The number of hydrogen-bond donors (Lipinski definition) is 1. The van der Waals surface area contributed by atoms with Crippen molar-refractivity contribution in [2.75, 3.05) is 25.9 Å². The third-order valence-corrected chi connectivity index (χ3v) is 3.32. The number of nitrogens with two attached hydrogens (primary N) is 1. The van der Waals surface area contributed by atoms with Gasteiger partial charge >= 0.3 is 0 Å². The number of carbonyl (C=O) groups excluding carboxylic acids is 1. The van der Waals surface area contributed by atoms with Gasteiger partial charge in [0, 0.05) is 25.9 Å². The van der Waals surface area contributed by atoms with Gasteiger partial charge in [-0.05, 0) is 37.5 Å². The Morgan fingerprint density at radius 1 is 1.53 bits per heavy atom. The fourth-order valence-electron chi connectivity index (χ4n) is 2.25. The Balaban J connectivity index is 2.01. The number of benzene rings is 1. The number of anilines is 1. The molecular formula is C14H19FN2O2. The predicted molar refractivity (Wildman–Crippen MR) is 71.4 cm³/mol. The fraction of sp³-hybridized carbons (Fsp3) is 0.500. The maximum atomic E-state index is 13.7. The van der Waals surface area contributed by atoms with Gasteiger partial charge in [-0.2, -0.15) is 0 Å². The molecule has 0 aliphatic carbocycles. The molecule has 2 rings (SSSR count). The lowest BCUT2D eigenvalue weighted by Gasteiger charge is -2.27. The van der Waals surface area contributed by atoms with Gasteiger partial charge in [-0.25, -0.2) is 4.39 Å². The van der Waals surface area contributed by atoms with Gasteiger partial charge in [0.15, 0.2) is 0 Å². The van der Waals surface area contributed by atoms with Gasteiger partial charge in [-0.15, -0.1) is 0 Å². The molecule has 1 fully saturated rings. The van der Waals surface area contributed by atoms with Crippen molar-refractivity contribution in [2.24, 2.45) is 0 Å². The molecule has 1 aromatic carbocycles. The molecular weight excluding hydrogens is 247 g/mol. The quantitative estimate of drug-likeness (QED) is 0.852. The van der Waals surface area contributed by atoms with Crippen LogP contribution in [0.4, 0.5) is 10.1 Å². The standard InChI is InChI=1S/C14H19FN2O2/c1-17(9-11-4-2-3-7-19-11)14(18)12-6-5-10(16)8-13(12)15/h5-6,8,11H,2-4,7,9,16H2,1H3. The van der Waals surface area contributed by atoms with Crippen molar-refractivity contribution in [2.45, 2.75) is 25.4 Å². The van der Waals surface area contributed by atoms with Crippen molar-refractivity contribution in [1.29, 1.82) is 0 Å². The lowest BCUT2D eigenvalue weighted by molar-refractivity contribution is -0.000269. The topological polar surface area (TPSA) is 55.6 Å². The second-order valence-electron chi connectivity index (χ2n) is 4.91. The molecule has 19 heavy (non-hydrogen) atoms. The second kappa shape index (κ2) is 6.02. The fourth-order valence-corrected chi connectivity index (χ4v) is 2.25. The minimum atomic E-state index is -0.582. The number of hydrogen-bond acceptors (Lipinski definition) is 3. The zero-order valence-corrected chi connectivity index (χ0v) is 11.1. The molecule has 5 heteroatoms. The van der Waals surface area contributed by atoms with Crippen LogP contribution in [0, 0.1) is 5.82 Å². The van der Waals surface area contributed by atoms with Crippen LogP contribution in [-0.2, 0) is 4.74 Å². The van der Waals surface area contributed by atoms with E-state index in [9.17, 15) is 9.18 Å². The Hall–Kier alpha value is -1.62. The van der Waals surface area contributed by atoms with E-state index >= 15 is 0 Å². The number of amides is 1. The van der Waals surface area contributed by atoms with E-state index in [0.717, 1.165) is 31.9 Å². The molecule has 1 unspecified atom stereocenters. The van der Waals surface area contributed by atoms with Crippen LogP contribution in [0.25, 0.3) is 0 Å². The summed E-state index contributed by atoms with van der Waals surface area (Å²) in [6.07, 6.45) is 3.19. The van der Waals surface area contributed by atoms with Crippen LogP contribution in [-0.4, -0.2) is 37.1 Å². The minimum absolute atomic E-state index is 0.0486. The molecule has 2 N–H and O–H groups in total. The maximum absolute atomic E-state index is 13.7. The number of halogens is 1. The molecule has 1 aliphatic rings. The number of carbonyl (C=O) groups is 1. The highest BCUT2D eigenvalue weighted by Crippen LogP contribution is 2.17. The number of likely N-dealkylation sites (N-methyl/N-ethyl adjacent to an activating group) is 1. The smallest absolute Gasteiger partial charge is 0.256 e. The molecule has 1 aromatic rings. The molecule has 1 amide bonds. The van der Waals surface area contributed by atoms with Crippen LogP contribution >= 0.6 is 0 Å². The van der Waals surface area contributed by atoms with E-state index in [1.165, 1.54) is 17.0 Å². The Morgan fingerprint density at radius 3 is 2.95 bits per heavy atom. The number of rotatable bonds is 3. The molecule has 1 aliphatic heterocycles. The average molecular weight is 266 g/mol.